The summed E-state index contributed by atoms with van der Waals surface area (Å²) in [7, 11) is 0. The Morgan fingerprint density at radius 2 is 2.25 bits per heavy atom. The molecule has 0 saturated heterocycles. The van der Waals surface area contributed by atoms with E-state index in [1.165, 1.54) is 23.1 Å². The fourth-order valence-electron chi connectivity index (χ4n) is 2.47. The Balaban J connectivity index is 1.85. The van der Waals surface area contributed by atoms with Crippen LogP contribution in [0.4, 0.5) is 5.69 Å². The molecule has 0 bridgehead atoms. The highest BCUT2D eigenvalue weighted by Crippen LogP contribution is 2.39. The third-order valence-corrected chi connectivity index (χ3v) is 5.18. The van der Waals surface area contributed by atoms with Crippen LogP contribution in [0.3, 0.4) is 0 Å². The lowest BCUT2D eigenvalue weighted by molar-refractivity contribution is 0.102. The number of hydrogen-bond donors (Lipinski definition) is 2. The average molecular weight is 359 g/mol. The quantitative estimate of drug-likeness (QED) is 0.877. The van der Waals surface area contributed by atoms with E-state index in [4.69, 9.17) is 5.73 Å². The second-order valence-corrected chi connectivity index (χ2v) is 8.14. The number of carbonyl (C=O) groups is 1. The number of thioether (sulfide) groups is 1. The Hall–Kier alpha value is -2.19. The van der Waals surface area contributed by atoms with Crippen LogP contribution in [0.1, 0.15) is 33.7 Å². The van der Waals surface area contributed by atoms with Crippen molar-refractivity contribution in [1.29, 1.82) is 0 Å². The lowest BCUT2D eigenvalue weighted by atomic mass is 9.93. The molecule has 1 aliphatic heterocycles. The molecule has 0 fully saturated rings. The van der Waals surface area contributed by atoms with Gasteiger partial charge in [0.25, 0.3) is 5.91 Å². The number of rotatable bonds is 3. The van der Waals surface area contributed by atoms with Gasteiger partial charge in [0.05, 0.1) is 5.69 Å². The van der Waals surface area contributed by atoms with Crippen molar-refractivity contribution >= 4 is 39.9 Å². The number of anilines is 1. The molecule has 6 nitrogen and oxygen atoms in total. The largest absolute Gasteiger partial charge is 0.378 e. The van der Waals surface area contributed by atoms with Crippen molar-refractivity contribution in [1.82, 2.24) is 9.97 Å². The molecule has 3 heterocycles. The Morgan fingerprint density at radius 3 is 2.92 bits per heavy atom. The fourth-order valence-corrected chi connectivity index (χ4v) is 4.02. The first-order valence-corrected chi connectivity index (χ1v) is 8.90. The van der Waals surface area contributed by atoms with E-state index in [-0.39, 0.29) is 5.91 Å². The van der Waals surface area contributed by atoms with Crippen molar-refractivity contribution in [3.8, 4) is 0 Å². The number of hydrogen-bond acceptors (Lipinski definition) is 7. The first-order valence-electron chi connectivity index (χ1n) is 7.27. The summed E-state index contributed by atoms with van der Waals surface area (Å²) in [5, 5.41) is 3.76. The third-order valence-electron chi connectivity index (χ3n) is 3.53. The fraction of sp³-hybridized carbons (Fsp3) is 0.250. The van der Waals surface area contributed by atoms with Gasteiger partial charge in [-0.1, -0.05) is 18.3 Å². The Labute approximate surface area is 148 Å². The smallest absolute Gasteiger partial charge is 0.284 e. The van der Waals surface area contributed by atoms with Crippen LogP contribution in [0.25, 0.3) is 0 Å². The lowest BCUT2D eigenvalue weighted by Gasteiger charge is -2.30. The minimum Gasteiger partial charge on any atom is -0.378 e. The summed E-state index contributed by atoms with van der Waals surface area (Å²) in [6.07, 6.45) is 3.98. The number of thiazole rings is 1. The van der Waals surface area contributed by atoms with Crippen LogP contribution in [0, 0.1) is 6.92 Å². The molecule has 8 heteroatoms. The molecule has 0 aromatic carbocycles. The number of aryl methyl sites for hydroxylation is 1. The molecule has 2 aromatic heterocycles. The number of amides is 1. The molecule has 0 spiro atoms. The summed E-state index contributed by atoms with van der Waals surface area (Å²) >= 11 is 2.74. The maximum atomic E-state index is 12.3. The van der Waals surface area contributed by atoms with Crippen LogP contribution >= 0.6 is 23.1 Å². The summed E-state index contributed by atoms with van der Waals surface area (Å²) in [5.41, 5.74) is 6.69. The standard InChI is InChI=1S/C16H17N5OS2/c1-9-7-16(3,21-15(17)24-9)12-6-11(4-5-18-12)20-13(22)14-19-8-10(2)23-14/h4-6,8H,1,7H2,2-3H3,(H2,17,21)(H,18,20,22)/t16-/m0/s1. The summed E-state index contributed by atoms with van der Waals surface area (Å²) < 4.78 is 0. The molecule has 1 amide bonds. The van der Waals surface area contributed by atoms with Crippen LogP contribution in [0.2, 0.25) is 0 Å². The van der Waals surface area contributed by atoms with E-state index >= 15 is 0 Å². The van der Waals surface area contributed by atoms with Gasteiger partial charge in [-0.25, -0.2) is 9.98 Å². The minimum atomic E-state index is -0.578. The van der Waals surface area contributed by atoms with Crippen LogP contribution in [0.5, 0.6) is 0 Å². The van der Waals surface area contributed by atoms with Gasteiger partial charge in [-0.05, 0) is 30.9 Å². The van der Waals surface area contributed by atoms with Crippen molar-refractivity contribution in [2.45, 2.75) is 25.8 Å². The Morgan fingerprint density at radius 1 is 1.46 bits per heavy atom. The number of nitrogens with one attached hydrogen (secondary N) is 1. The maximum absolute atomic E-state index is 12.3. The van der Waals surface area contributed by atoms with E-state index in [0.717, 1.165) is 15.5 Å². The topological polar surface area (TPSA) is 93.3 Å². The van der Waals surface area contributed by atoms with Crippen molar-refractivity contribution < 1.29 is 4.79 Å². The maximum Gasteiger partial charge on any atom is 0.284 e. The number of nitrogens with two attached hydrogens (primary N) is 1. The molecule has 0 saturated carbocycles. The number of pyridine rings is 1. The zero-order valence-electron chi connectivity index (χ0n) is 13.4. The average Bonchev–Trinajstić information content (AvgIpc) is 2.93. The highest BCUT2D eigenvalue weighted by Gasteiger charge is 2.33. The normalized spacial score (nSPS) is 20.6. The van der Waals surface area contributed by atoms with Crippen molar-refractivity contribution in [2.75, 3.05) is 5.32 Å². The zero-order chi connectivity index (χ0) is 17.3. The van der Waals surface area contributed by atoms with Crippen LogP contribution < -0.4 is 11.1 Å². The molecule has 1 aliphatic rings. The van der Waals surface area contributed by atoms with Gasteiger partial charge in [0.15, 0.2) is 10.2 Å². The highest BCUT2D eigenvalue weighted by molar-refractivity contribution is 8.17. The molecule has 3 N–H and O–H groups in total. The molecule has 0 aliphatic carbocycles. The number of carbonyl (C=O) groups excluding carboxylic acids is 1. The minimum absolute atomic E-state index is 0.234. The van der Waals surface area contributed by atoms with Crippen LogP contribution in [-0.4, -0.2) is 21.0 Å². The molecule has 0 radical (unpaired) electrons. The van der Waals surface area contributed by atoms with Crippen molar-refractivity contribution in [3.05, 3.63) is 51.6 Å². The van der Waals surface area contributed by atoms with E-state index in [1.807, 2.05) is 19.9 Å². The Kier molecular flexibility index (Phi) is 4.42. The van der Waals surface area contributed by atoms with Crippen molar-refractivity contribution in [2.24, 2.45) is 10.7 Å². The van der Waals surface area contributed by atoms with E-state index in [2.05, 4.69) is 26.9 Å². The van der Waals surface area contributed by atoms with E-state index in [0.29, 0.717) is 22.3 Å². The highest BCUT2D eigenvalue weighted by atomic mass is 32.2. The van der Waals surface area contributed by atoms with Gasteiger partial charge in [-0.2, -0.15) is 0 Å². The van der Waals surface area contributed by atoms with Gasteiger partial charge in [0.1, 0.15) is 5.54 Å². The van der Waals surface area contributed by atoms with Gasteiger partial charge in [-0.15, -0.1) is 11.3 Å². The number of nitrogens with zero attached hydrogens (tertiary/aromatic N) is 3. The van der Waals surface area contributed by atoms with Crippen LogP contribution in [0.15, 0.2) is 41.0 Å². The van der Waals surface area contributed by atoms with E-state index < -0.39 is 5.54 Å². The SMILES string of the molecule is C=C1C[C@@](C)(c2cc(NC(=O)c3ncc(C)s3)ccn2)N=C(N)S1. The molecular weight excluding hydrogens is 342 g/mol. The summed E-state index contributed by atoms with van der Waals surface area (Å²) in [6, 6.07) is 3.56. The molecule has 3 rings (SSSR count). The van der Waals surface area contributed by atoms with Gasteiger partial charge in [0, 0.05) is 29.4 Å². The predicted octanol–water partition coefficient (Wildman–Crippen LogP) is 3.28. The second-order valence-electron chi connectivity index (χ2n) is 5.70. The van der Waals surface area contributed by atoms with E-state index in [1.54, 1.807) is 18.5 Å². The lowest BCUT2D eigenvalue weighted by Crippen LogP contribution is -2.28. The number of aliphatic imine (C=N–C) groups is 1. The Bertz CT molecular complexity index is 844. The molecule has 1 atom stereocenters. The molecule has 2 aromatic rings. The third kappa shape index (κ3) is 3.49. The second kappa shape index (κ2) is 6.37. The predicted molar refractivity (Wildman–Crippen MR) is 99.4 cm³/mol. The number of aromatic nitrogens is 2. The van der Waals surface area contributed by atoms with Gasteiger partial charge in [-0.3, -0.25) is 9.78 Å². The van der Waals surface area contributed by atoms with E-state index in [9.17, 15) is 4.79 Å². The van der Waals surface area contributed by atoms with Gasteiger partial charge in [0.2, 0.25) is 0 Å². The van der Waals surface area contributed by atoms with Crippen molar-refractivity contribution in [3.63, 3.8) is 0 Å². The molecular formula is C16H17N5OS2. The summed E-state index contributed by atoms with van der Waals surface area (Å²) in [6.45, 7) is 7.87. The van der Waals surface area contributed by atoms with Gasteiger partial charge < -0.3 is 11.1 Å². The van der Waals surface area contributed by atoms with Crippen LogP contribution in [-0.2, 0) is 5.54 Å². The molecule has 124 valence electrons. The summed E-state index contributed by atoms with van der Waals surface area (Å²) in [4.78, 5) is 27.2. The first-order chi connectivity index (χ1) is 11.4. The number of amidine groups is 1. The molecule has 24 heavy (non-hydrogen) atoms. The first kappa shape index (κ1) is 16.7. The van der Waals surface area contributed by atoms with Gasteiger partial charge >= 0.3 is 0 Å². The summed E-state index contributed by atoms with van der Waals surface area (Å²) in [5.74, 6) is -0.234. The monoisotopic (exact) mass is 359 g/mol. The molecule has 0 unspecified atom stereocenters. The zero-order valence-corrected chi connectivity index (χ0v) is 15.0.